The van der Waals surface area contributed by atoms with Crippen LogP contribution >= 0.6 is 0 Å². The Morgan fingerprint density at radius 3 is 2.40 bits per heavy atom. The Balaban J connectivity index is 2.63. The molecule has 0 aromatic carbocycles. The molecule has 1 N–H and O–H groups in total. The Hall–Kier alpha value is -1.29. The summed E-state index contributed by atoms with van der Waals surface area (Å²) in [6.07, 6.45) is -4.36. The third-order valence-electron chi connectivity index (χ3n) is 3.74. The van der Waals surface area contributed by atoms with Gasteiger partial charge in [-0.25, -0.2) is 22.7 Å². The Morgan fingerprint density at radius 1 is 1.36 bits per heavy atom. The van der Waals surface area contributed by atoms with Crippen molar-refractivity contribution in [2.45, 2.75) is 56.7 Å². The fourth-order valence-corrected chi connectivity index (χ4v) is 3.23. The number of aromatic nitrogens is 2. The molecule has 25 heavy (non-hydrogen) atoms. The largest absolute Gasteiger partial charge is 0.411 e. The zero-order valence-electron chi connectivity index (χ0n) is 14.5. The van der Waals surface area contributed by atoms with Crippen LogP contribution in [-0.4, -0.2) is 30.4 Å². The molecule has 142 valence electrons. The standard InChI is InChI=1S/C15H20F5N3OS/c1-13(2,3)25(24)22-11(15(18,19)20)12-21-10-8(16)6-14(4,17)7-9(10)23(12)5/h7,11,22H,6H2,1-5H3. The number of nitrogens with one attached hydrogen (secondary N) is 1. The third kappa shape index (κ3) is 4.11. The lowest BCUT2D eigenvalue weighted by Crippen LogP contribution is -2.43. The predicted octanol–water partition coefficient (Wildman–Crippen LogP) is 2.07. The molecule has 1 heterocycles. The highest BCUT2D eigenvalue weighted by Gasteiger charge is 2.46. The minimum Gasteiger partial charge on any atom is -0.330 e. The summed E-state index contributed by atoms with van der Waals surface area (Å²) in [6, 6.07) is -2.38. The minimum atomic E-state index is -4.82. The molecule has 1 aliphatic rings. The Morgan fingerprint density at radius 2 is 1.92 bits per heavy atom. The van der Waals surface area contributed by atoms with Crippen LogP contribution in [0.2, 0.25) is 0 Å². The maximum Gasteiger partial charge on any atom is 0.411 e. The second-order valence-corrected chi connectivity index (χ2v) is 9.24. The summed E-state index contributed by atoms with van der Waals surface area (Å²) in [5.41, 5.74) is -2.02. The molecule has 0 amide bonds. The molecule has 2 rings (SSSR count). The summed E-state index contributed by atoms with van der Waals surface area (Å²) in [7, 11) is -0.798. The van der Waals surface area contributed by atoms with E-state index in [1.165, 1.54) is 27.8 Å². The van der Waals surface area contributed by atoms with Crippen molar-refractivity contribution in [3.8, 4) is 0 Å². The first-order valence-electron chi connectivity index (χ1n) is 7.51. The fourth-order valence-electron chi connectivity index (χ4n) is 2.43. The van der Waals surface area contributed by atoms with E-state index in [-0.39, 0.29) is 10.7 Å². The number of fused-ring (bicyclic) bond motifs is 1. The normalized spacial score (nSPS) is 23.8. The average molecular weight is 385 g/mol. The second-order valence-electron chi connectivity index (χ2n) is 7.24. The van der Waals surface area contributed by atoms with Gasteiger partial charge in [0.15, 0.2) is 6.04 Å². The number of halogens is 5. The molecule has 0 radical (unpaired) electrons. The van der Waals surface area contributed by atoms with Gasteiger partial charge in [-0.1, -0.05) is 0 Å². The minimum absolute atomic E-state index is 0.0682. The van der Waals surface area contributed by atoms with Gasteiger partial charge in [0.1, 0.15) is 22.7 Å². The first-order valence-corrected chi connectivity index (χ1v) is 8.66. The molecule has 0 saturated carbocycles. The number of imidazole rings is 1. The van der Waals surface area contributed by atoms with E-state index >= 15 is 0 Å². The highest BCUT2D eigenvalue weighted by atomic mass is 32.2. The third-order valence-corrected chi connectivity index (χ3v) is 5.30. The van der Waals surface area contributed by atoms with Crippen molar-refractivity contribution in [3.63, 3.8) is 0 Å². The lowest BCUT2D eigenvalue weighted by Gasteiger charge is -2.25. The van der Waals surface area contributed by atoms with E-state index in [2.05, 4.69) is 4.98 Å². The predicted molar refractivity (Wildman–Crippen MR) is 85.4 cm³/mol. The van der Waals surface area contributed by atoms with Crippen LogP contribution in [0.1, 0.15) is 46.0 Å². The molecule has 3 atom stereocenters. The molecule has 1 aromatic rings. The summed E-state index contributed by atoms with van der Waals surface area (Å²) < 4.78 is 83.0. The van der Waals surface area contributed by atoms with Crippen LogP contribution < -0.4 is 15.4 Å². The van der Waals surface area contributed by atoms with Crippen LogP contribution in [-0.2, 0) is 18.0 Å². The maximum atomic E-state index is 14.1. The fraction of sp³-hybridized carbons (Fsp3) is 0.667. The maximum absolute atomic E-state index is 14.1. The van der Waals surface area contributed by atoms with Crippen LogP contribution in [0.25, 0.3) is 11.9 Å². The van der Waals surface area contributed by atoms with E-state index in [0.717, 1.165) is 17.6 Å². The molecular formula is C15H20F5N3OS. The zero-order valence-corrected chi connectivity index (χ0v) is 15.3. The van der Waals surface area contributed by atoms with Gasteiger partial charge in [0.05, 0.1) is 21.1 Å². The van der Waals surface area contributed by atoms with Crippen molar-refractivity contribution in [2.24, 2.45) is 7.05 Å². The van der Waals surface area contributed by atoms with Gasteiger partial charge < -0.3 is 4.57 Å². The van der Waals surface area contributed by atoms with E-state index in [1.807, 2.05) is 4.72 Å². The van der Waals surface area contributed by atoms with Gasteiger partial charge in [0, 0.05) is 13.5 Å². The van der Waals surface area contributed by atoms with Gasteiger partial charge in [-0.15, -0.1) is 0 Å². The lowest BCUT2D eigenvalue weighted by atomic mass is 9.99. The zero-order chi connectivity index (χ0) is 19.4. The molecule has 0 bridgehead atoms. The number of alkyl halides is 4. The summed E-state index contributed by atoms with van der Waals surface area (Å²) >= 11 is 0. The molecule has 4 nitrogen and oxygen atoms in total. The number of hydrogen-bond acceptors (Lipinski definition) is 2. The molecule has 1 aromatic heterocycles. The number of hydrogen-bond donors (Lipinski definition) is 1. The van der Waals surface area contributed by atoms with Gasteiger partial charge in [-0.3, -0.25) is 0 Å². The van der Waals surface area contributed by atoms with E-state index in [1.54, 1.807) is 0 Å². The van der Waals surface area contributed by atoms with E-state index in [4.69, 9.17) is 0 Å². The van der Waals surface area contributed by atoms with Gasteiger partial charge in [0.2, 0.25) is 0 Å². The summed E-state index contributed by atoms with van der Waals surface area (Å²) in [6.45, 7) is 5.69. The van der Waals surface area contributed by atoms with Crippen molar-refractivity contribution in [3.05, 3.63) is 16.5 Å². The highest BCUT2D eigenvalue weighted by Crippen LogP contribution is 2.33. The Bertz CT molecular complexity index is 820. The van der Waals surface area contributed by atoms with Crippen LogP contribution in [0.3, 0.4) is 0 Å². The first-order chi connectivity index (χ1) is 11.1. The molecule has 1 aliphatic carbocycles. The molecule has 0 fully saturated rings. The highest BCUT2D eigenvalue weighted by molar-refractivity contribution is 7.84. The topological polar surface area (TPSA) is 46.9 Å². The molecule has 0 saturated heterocycles. The summed E-state index contributed by atoms with van der Waals surface area (Å²) in [4.78, 5) is 3.73. The van der Waals surface area contributed by atoms with Crippen molar-refractivity contribution < 1.29 is 26.2 Å². The Labute approximate surface area is 144 Å². The van der Waals surface area contributed by atoms with Crippen molar-refractivity contribution in [1.29, 1.82) is 0 Å². The Kier molecular flexibility index (Phi) is 4.93. The van der Waals surface area contributed by atoms with Crippen LogP contribution in [0.5, 0.6) is 0 Å². The molecular weight excluding hydrogens is 365 g/mol. The summed E-state index contributed by atoms with van der Waals surface area (Å²) in [5.74, 6) is -1.48. The van der Waals surface area contributed by atoms with E-state index in [9.17, 15) is 26.2 Å². The van der Waals surface area contributed by atoms with E-state index < -0.39 is 51.7 Å². The quantitative estimate of drug-likeness (QED) is 0.810. The molecule has 0 aliphatic heterocycles. The molecule has 3 unspecified atom stereocenters. The van der Waals surface area contributed by atoms with Gasteiger partial charge in [-0.2, -0.15) is 13.2 Å². The smallest absolute Gasteiger partial charge is 0.330 e. The van der Waals surface area contributed by atoms with Gasteiger partial charge >= 0.3 is 6.18 Å². The lowest BCUT2D eigenvalue weighted by molar-refractivity contribution is -0.155. The molecule has 0 spiro atoms. The number of nitrogens with zero attached hydrogens (tertiary/aromatic N) is 2. The monoisotopic (exact) mass is 385 g/mol. The first kappa shape index (κ1) is 20.0. The number of rotatable bonds is 3. The average Bonchev–Trinajstić information content (AvgIpc) is 2.70. The van der Waals surface area contributed by atoms with Crippen LogP contribution in [0.15, 0.2) is 0 Å². The van der Waals surface area contributed by atoms with Crippen molar-refractivity contribution in [2.75, 3.05) is 0 Å². The van der Waals surface area contributed by atoms with Crippen molar-refractivity contribution in [1.82, 2.24) is 14.3 Å². The van der Waals surface area contributed by atoms with Gasteiger partial charge in [-0.05, 0) is 33.8 Å². The molecule has 10 heteroatoms. The van der Waals surface area contributed by atoms with Gasteiger partial charge in [0.25, 0.3) is 0 Å². The summed E-state index contributed by atoms with van der Waals surface area (Å²) in [5, 5.41) is -0.383. The van der Waals surface area contributed by atoms with Crippen molar-refractivity contribution >= 4 is 22.9 Å². The van der Waals surface area contributed by atoms with E-state index in [0.29, 0.717) is 0 Å². The SMILES string of the molecule is Cn1c(C(NS(=O)C(C)(C)C)C(F)(F)F)nc2c1=CC(C)(F)CC=2F. The van der Waals surface area contributed by atoms with Crippen LogP contribution in [0.4, 0.5) is 22.0 Å². The van der Waals surface area contributed by atoms with Crippen LogP contribution in [0, 0.1) is 0 Å². The second kappa shape index (κ2) is 6.15.